The summed E-state index contributed by atoms with van der Waals surface area (Å²) in [6.07, 6.45) is 17.0. The Morgan fingerprint density at radius 1 is 0.571 bits per heavy atom. The lowest BCUT2D eigenvalue weighted by atomic mass is 10.1. The molecule has 0 spiro atoms. The SMILES string of the molecule is CCn1c2ccc(/C=C/c3cc[n+](C)cc3)cc2c2cc(/C=C/c3cc[n+](C)cc3)ccc21.[I-].[I-]. The van der Waals surface area contributed by atoms with Crippen molar-refractivity contribution >= 4 is 46.1 Å². The maximum absolute atomic E-state index is 2.40. The van der Waals surface area contributed by atoms with Crippen LogP contribution < -0.4 is 57.1 Å². The molecule has 35 heavy (non-hydrogen) atoms. The fraction of sp³-hybridized carbons (Fsp3) is 0.133. The summed E-state index contributed by atoms with van der Waals surface area (Å²) >= 11 is 0. The molecule has 0 saturated heterocycles. The second-order valence-corrected chi connectivity index (χ2v) is 8.56. The standard InChI is InChI=1S/C30H29N3.2HI/c1-4-33-29-11-9-25(7-5-23-13-17-31(2)18-14-23)21-27(29)28-22-26(10-12-30(28)33)8-6-24-15-19-32(3)20-16-24;;/h5-22H,4H2,1-3H3;2*1H/q+2;;/p-2. The molecule has 5 aromatic rings. The molecule has 0 atom stereocenters. The van der Waals surface area contributed by atoms with Crippen molar-refractivity contribution < 1.29 is 57.1 Å². The van der Waals surface area contributed by atoms with Gasteiger partial charge < -0.3 is 52.5 Å². The molecule has 0 aliphatic rings. The molecule has 0 fully saturated rings. The normalized spacial score (nSPS) is 11.3. The summed E-state index contributed by atoms with van der Waals surface area (Å²) in [5, 5.41) is 2.60. The zero-order valence-corrected chi connectivity index (χ0v) is 24.5. The zero-order valence-electron chi connectivity index (χ0n) is 20.2. The predicted octanol–water partition coefficient (Wildman–Crippen LogP) is -0.188. The first-order valence-corrected chi connectivity index (χ1v) is 11.4. The quantitative estimate of drug-likeness (QED) is 0.180. The Bertz CT molecular complexity index is 1380. The molecule has 0 aliphatic heterocycles. The Kier molecular flexibility index (Phi) is 9.24. The van der Waals surface area contributed by atoms with E-state index in [4.69, 9.17) is 0 Å². The third-order valence-corrected chi connectivity index (χ3v) is 6.17. The lowest BCUT2D eigenvalue weighted by molar-refractivity contribution is -0.671. The topological polar surface area (TPSA) is 12.7 Å². The lowest BCUT2D eigenvalue weighted by Crippen LogP contribution is -3.00. The minimum Gasteiger partial charge on any atom is -1.00 e. The number of fused-ring (bicyclic) bond motifs is 3. The van der Waals surface area contributed by atoms with Crippen LogP contribution in [-0.2, 0) is 20.6 Å². The van der Waals surface area contributed by atoms with Crippen molar-refractivity contribution in [2.45, 2.75) is 13.5 Å². The first-order valence-electron chi connectivity index (χ1n) is 11.4. The number of aromatic nitrogens is 3. The van der Waals surface area contributed by atoms with E-state index in [2.05, 4.69) is 121 Å². The highest BCUT2D eigenvalue weighted by Gasteiger charge is 2.10. The monoisotopic (exact) mass is 685 g/mol. The number of hydrogen-bond acceptors (Lipinski definition) is 0. The molecule has 0 radical (unpaired) electrons. The fourth-order valence-electron chi connectivity index (χ4n) is 4.32. The molecule has 0 saturated carbocycles. The van der Waals surface area contributed by atoms with Crippen LogP contribution in [0.25, 0.3) is 46.1 Å². The Balaban J connectivity index is 0.00000171. The molecule has 3 heterocycles. The number of pyridine rings is 2. The molecule has 0 unspecified atom stereocenters. The summed E-state index contributed by atoms with van der Waals surface area (Å²) in [6.45, 7) is 3.16. The van der Waals surface area contributed by atoms with Crippen molar-refractivity contribution in [2.24, 2.45) is 14.1 Å². The van der Waals surface area contributed by atoms with Gasteiger partial charge in [-0.05, 0) is 53.4 Å². The van der Waals surface area contributed by atoms with Gasteiger partial charge in [0.1, 0.15) is 14.1 Å². The smallest absolute Gasteiger partial charge is 0.169 e. The maximum atomic E-state index is 2.40. The van der Waals surface area contributed by atoms with Crippen LogP contribution in [0.15, 0.2) is 85.5 Å². The second-order valence-electron chi connectivity index (χ2n) is 8.56. The number of rotatable bonds is 5. The van der Waals surface area contributed by atoms with E-state index in [1.54, 1.807) is 0 Å². The summed E-state index contributed by atoms with van der Waals surface area (Å²) < 4.78 is 6.50. The van der Waals surface area contributed by atoms with E-state index in [1.807, 2.05) is 23.2 Å². The van der Waals surface area contributed by atoms with E-state index in [-0.39, 0.29) is 48.0 Å². The first kappa shape index (κ1) is 27.1. The van der Waals surface area contributed by atoms with Crippen LogP contribution in [0.1, 0.15) is 29.2 Å². The highest BCUT2D eigenvalue weighted by atomic mass is 127. The molecule has 2 aromatic carbocycles. The van der Waals surface area contributed by atoms with Crippen LogP contribution in [-0.4, -0.2) is 4.57 Å². The van der Waals surface area contributed by atoms with Crippen LogP contribution >= 0.6 is 0 Å². The molecule has 0 aliphatic carbocycles. The predicted molar refractivity (Wildman–Crippen MR) is 138 cm³/mol. The zero-order chi connectivity index (χ0) is 22.8. The Morgan fingerprint density at radius 2 is 0.943 bits per heavy atom. The molecule has 5 heteroatoms. The average molecular weight is 685 g/mol. The van der Waals surface area contributed by atoms with Crippen LogP contribution in [0.2, 0.25) is 0 Å². The van der Waals surface area contributed by atoms with Gasteiger partial charge in [0, 0.05) is 52.6 Å². The summed E-state index contributed by atoms with van der Waals surface area (Å²) in [4.78, 5) is 0. The van der Waals surface area contributed by atoms with Gasteiger partial charge in [0.05, 0.1) is 0 Å². The number of aryl methyl sites for hydroxylation is 3. The van der Waals surface area contributed by atoms with E-state index in [0.29, 0.717) is 0 Å². The molecular formula is C30H29I2N3. The Labute approximate surface area is 241 Å². The maximum Gasteiger partial charge on any atom is 0.169 e. The van der Waals surface area contributed by atoms with Crippen molar-refractivity contribution in [3.05, 3.63) is 108 Å². The van der Waals surface area contributed by atoms with Gasteiger partial charge in [0.15, 0.2) is 24.8 Å². The fourth-order valence-corrected chi connectivity index (χ4v) is 4.32. The lowest BCUT2D eigenvalue weighted by Gasteiger charge is -2.03. The van der Waals surface area contributed by atoms with Gasteiger partial charge >= 0.3 is 0 Å². The number of hydrogen-bond donors (Lipinski definition) is 0. The third kappa shape index (κ3) is 6.01. The van der Waals surface area contributed by atoms with Gasteiger partial charge in [0.25, 0.3) is 0 Å². The highest BCUT2D eigenvalue weighted by molar-refractivity contribution is 6.09. The molecule has 3 nitrogen and oxygen atoms in total. The van der Waals surface area contributed by atoms with Gasteiger partial charge in [-0.15, -0.1) is 0 Å². The van der Waals surface area contributed by atoms with Crippen molar-refractivity contribution in [3.63, 3.8) is 0 Å². The molecule has 0 bridgehead atoms. The molecule has 178 valence electrons. The van der Waals surface area contributed by atoms with E-state index in [9.17, 15) is 0 Å². The van der Waals surface area contributed by atoms with E-state index >= 15 is 0 Å². The average Bonchev–Trinajstić information content (AvgIpc) is 3.15. The van der Waals surface area contributed by atoms with Crippen LogP contribution in [0.4, 0.5) is 0 Å². The first-order chi connectivity index (χ1) is 16.1. The number of halogens is 2. The third-order valence-electron chi connectivity index (χ3n) is 6.17. The van der Waals surface area contributed by atoms with Crippen molar-refractivity contribution in [1.29, 1.82) is 0 Å². The van der Waals surface area contributed by atoms with Crippen LogP contribution in [0.5, 0.6) is 0 Å². The Hall–Kier alpha value is -2.52. The Morgan fingerprint density at radius 3 is 1.31 bits per heavy atom. The second kappa shape index (κ2) is 11.9. The summed E-state index contributed by atoms with van der Waals surface area (Å²) in [5.74, 6) is 0. The largest absolute Gasteiger partial charge is 1.00 e. The molecule has 0 N–H and O–H groups in total. The van der Waals surface area contributed by atoms with Crippen LogP contribution in [0.3, 0.4) is 0 Å². The minimum absolute atomic E-state index is 0. The van der Waals surface area contributed by atoms with E-state index in [0.717, 1.165) is 6.54 Å². The van der Waals surface area contributed by atoms with Crippen molar-refractivity contribution in [2.75, 3.05) is 0 Å². The molecule has 5 rings (SSSR count). The number of benzene rings is 2. The minimum atomic E-state index is 0. The van der Waals surface area contributed by atoms with Gasteiger partial charge in [-0.3, -0.25) is 0 Å². The molecule has 0 amide bonds. The summed E-state index contributed by atoms with van der Waals surface area (Å²) in [6, 6.07) is 22.1. The molecule has 3 aromatic heterocycles. The van der Waals surface area contributed by atoms with E-state index < -0.39 is 0 Å². The highest BCUT2D eigenvalue weighted by Crippen LogP contribution is 2.31. The summed E-state index contributed by atoms with van der Waals surface area (Å²) in [7, 11) is 4.07. The van der Waals surface area contributed by atoms with Gasteiger partial charge in [-0.2, -0.15) is 0 Å². The molecular weight excluding hydrogens is 656 g/mol. The van der Waals surface area contributed by atoms with Crippen molar-refractivity contribution in [1.82, 2.24) is 4.57 Å². The summed E-state index contributed by atoms with van der Waals surface area (Å²) in [5.41, 5.74) is 7.39. The van der Waals surface area contributed by atoms with Crippen LogP contribution in [0, 0.1) is 0 Å². The van der Waals surface area contributed by atoms with Gasteiger partial charge in [0.2, 0.25) is 0 Å². The van der Waals surface area contributed by atoms with Gasteiger partial charge in [-0.1, -0.05) is 36.4 Å². The van der Waals surface area contributed by atoms with Gasteiger partial charge in [-0.25, -0.2) is 9.13 Å². The van der Waals surface area contributed by atoms with E-state index in [1.165, 1.54) is 44.1 Å². The van der Waals surface area contributed by atoms with Crippen molar-refractivity contribution in [3.8, 4) is 0 Å². The number of nitrogens with zero attached hydrogens (tertiary/aromatic N) is 3.